The normalized spacial score (nSPS) is 10.2. The molecule has 0 heterocycles. The summed E-state index contributed by atoms with van der Waals surface area (Å²) in [5.41, 5.74) is 1.11. The van der Waals surface area contributed by atoms with Crippen LogP contribution in [0.25, 0.3) is 0 Å². The maximum atomic E-state index is 12.1. The summed E-state index contributed by atoms with van der Waals surface area (Å²) >= 11 is 5.93. The van der Waals surface area contributed by atoms with E-state index in [0.29, 0.717) is 5.56 Å². The predicted octanol–water partition coefficient (Wildman–Crippen LogP) is 3.30. The number of carbonyl (C=O) groups is 2. The van der Waals surface area contributed by atoms with E-state index in [-0.39, 0.29) is 27.6 Å². The zero-order valence-electron chi connectivity index (χ0n) is 11.1. The molecular weight excluding hydrogens is 294 g/mol. The number of carbonyl (C=O) groups excluding carboxylic acids is 1. The van der Waals surface area contributed by atoms with Gasteiger partial charge in [0.15, 0.2) is 0 Å². The number of hydrogen-bond donors (Lipinski definition) is 3. The van der Waals surface area contributed by atoms with E-state index in [1.165, 1.54) is 24.3 Å². The molecule has 6 heteroatoms. The van der Waals surface area contributed by atoms with Crippen LogP contribution < -0.4 is 5.32 Å². The van der Waals surface area contributed by atoms with Crippen molar-refractivity contribution in [1.82, 2.24) is 0 Å². The van der Waals surface area contributed by atoms with Gasteiger partial charge in [-0.15, -0.1) is 0 Å². The third kappa shape index (κ3) is 3.32. The Hall–Kier alpha value is -2.53. The number of amides is 1. The molecule has 2 rings (SSSR count). The van der Waals surface area contributed by atoms with Crippen molar-refractivity contribution in [2.24, 2.45) is 0 Å². The number of carboxylic acid groups (broad SMARTS) is 1. The first kappa shape index (κ1) is 14.9. The molecule has 0 saturated heterocycles. The van der Waals surface area contributed by atoms with E-state index in [9.17, 15) is 14.7 Å². The van der Waals surface area contributed by atoms with Crippen LogP contribution in [0.1, 0.15) is 26.3 Å². The molecule has 0 aromatic heterocycles. The second kappa shape index (κ2) is 5.85. The summed E-state index contributed by atoms with van der Waals surface area (Å²) in [6.45, 7) is 1.71. The highest BCUT2D eigenvalue weighted by Crippen LogP contribution is 2.24. The Balaban J connectivity index is 2.28. The van der Waals surface area contributed by atoms with E-state index in [1.807, 2.05) is 0 Å². The molecule has 0 aliphatic carbocycles. The zero-order valence-corrected chi connectivity index (χ0v) is 11.8. The highest BCUT2D eigenvalue weighted by atomic mass is 35.5. The third-order valence-corrected chi connectivity index (χ3v) is 3.26. The highest BCUT2D eigenvalue weighted by Gasteiger charge is 2.12. The smallest absolute Gasteiger partial charge is 0.335 e. The van der Waals surface area contributed by atoms with Gasteiger partial charge >= 0.3 is 5.97 Å². The molecule has 0 aliphatic heterocycles. The van der Waals surface area contributed by atoms with E-state index in [0.717, 1.165) is 0 Å². The number of hydrogen-bond acceptors (Lipinski definition) is 3. The standard InChI is InChI=1S/C15H12ClNO4/c1-8-2-3-9(7-13(8)18)14(19)17-12-6-10(15(20)21)4-5-11(12)16/h2-7,18H,1H3,(H,17,19)(H,20,21). The van der Waals surface area contributed by atoms with Crippen molar-refractivity contribution < 1.29 is 19.8 Å². The van der Waals surface area contributed by atoms with Crippen molar-refractivity contribution >= 4 is 29.2 Å². The number of rotatable bonds is 3. The Kier molecular flexibility index (Phi) is 4.14. The number of phenolic OH excluding ortho intramolecular Hbond substituents is 1. The Morgan fingerprint density at radius 3 is 2.38 bits per heavy atom. The van der Waals surface area contributed by atoms with E-state index in [2.05, 4.69) is 5.32 Å². The predicted molar refractivity (Wildman–Crippen MR) is 79.2 cm³/mol. The van der Waals surface area contributed by atoms with E-state index in [4.69, 9.17) is 16.7 Å². The second-order valence-corrected chi connectivity index (χ2v) is 4.86. The summed E-state index contributed by atoms with van der Waals surface area (Å²) in [6, 6.07) is 8.51. The van der Waals surface area contributed by atoms with Gasteiger partial charge in [0.05, 0.1) is 16.3 Å². The van der Waals surface area contributed by atoms with Crippen LogP contribution in [0.15, 0.2) is 36.4 Å². The Bertz CT molecular complexity index is 728. The molecular formula is C15H12ClNO4. The van der Waals surface area contributed by atoms with Crippen LogP contribution in [0.3, 0.4) is 0 Å². The van der Waals surface area contributed by atoms with Gasteiger partial charge in [0, 0.05) is 5.56 Å². The van der Waals surface area contributed by atoms with Crippen molar-refractivity contribution in [3.63, 3.8) is 0 Å². The quantitative estimate of drug-likeness (QED) is 0.812. The van der Waals surface area contributed by atoms with Crippen molar-refractivity contribution in [3.8, 4) is 5.75 Å². The lowest BCUT2D eigenvalue weighted by Crippen LogP contribution is -2.13. The summed E-state index contributed by atoms with van der Waals surface area (Å²) in [7, 11) is 0. The van der Waals surface area contributed by atoms with Gasteiger partial charge in [-0.05, 0) is 42.8 Å². The Labute approximate surface area is 125 Å². The number of aromatic carboxylic acids is 1. The molecule has 21 heavy (non-hydrogen) atoms. The fraction of sp³-hybridized carbons (Fsp3) is 0.0667. The molecule has 5 nitrogen and oxygen atoms in total. The van der Waals surface area contributed by atoms with Crippen LogP contribution in [0, 0.1) is 6.92 Å². The first-order chi connectivity index (χ1) is 9.88. The van der Waals surface area contributed by atoms with Crippen LogP contribution in [0.2, 0.25) is 5.02 Å². The number of halogens is 1. The molecule has 2 aromatic carbocycles. The van der Waals surface area contributed by atoms with Crippen molar-refractivity contribution in [1.29, 1.82) is 0 Å². The molecule has 2 aromatic rings. The second-order valence-electron chi connectivity index (χ2n) is 4.46. The molecule has 0 unspecified atom stereocenters. The largest absolute Gasteiger partial charge is 0.508 e. The minimum absolute atomic E-state index is 0.00744. The summed E-state index contributed by atoms with van der Waals surface area (Å²) in [5.74, 6) is -1.60. The van der Waals surface area contributed by atoms with Crippen molar-refractivity contribution in [2.45, 2.75) is 6.92 Å². The first-order valence-corrected chi connectivity index (χ1v) is 6.40. The molecule has 0 aliphatic rings. The number of carboxylic acids is 1. The average molecular weight is 306 g/mol. The number of anilines is 1. The fourth-order valence-corrected chi connectivity index (χ4v) is 1.86. The van der Waals surface area contributed by atoms with Gasteiger partial charge in [0.2, 0.25) is 0 Å². The molecule has 0 saturated carbocycles. The number of aryl methyl sites for hydroxylation is 1. The summed E-state index contributed by atoms with van der Waals surface area (Å²) in [5, 5.41) is 21.3. The molecule has 0 radical (unpaired) electrons. The lowest BCUT2D eigenvalue weighted by Gasteiger charge is -2.09. The minimum atomic E-state index is -1.12. The average Bonchev–Trinajstić information content (AvgIpc) is 2.43. The number of benzene rings is 2. The van der Waals surface area contributed by atoms with Crippen LogP contribution >= 0.6 is 11.6 Å². The van der Waals surface area contributed by atoms with Crippen molar-refractivity contribution in [3.05, 3.63) is 58.1 Å². The van der Waals surface area contributed by atoms with Gasteiger partial charge < -0.3 is 15.5 Å². The van der Waals surface area contributed by atoms with Gasteiger partial charge in [-0.25, -0.2) is 4.79 Å². The van der Waals surface area contributed by atoms with Gasteiger partial charge in [-0.3, -0.25) is 4.79 Å². The topological polar surface area (TPSA) is 86.6 Å². The number of nitrogens with one attached hydrogen (secondary N) is 1. The van der Waals surface area contributed by atoms with Gasteiger partial charge in [0.1, 0.15) is 5.75 Å². The molecule has 0 fully saturated rings. The lowest BCUT2D eigenvalue weighted by atomic mass is 10.1. The molecule has 108 valence electrons. The molecule has 0 bridgehead atoms. The minimum Gasteiger partial charge on any atom is -0.508 e. The van der Waals surface area contributed by atoms with Gasteiger partial charge in [0.25, 0.3) is 5.91 Å². The maximum Gasteiger partial charge on any atom is 0.335 e. The first-order valence-electron chi connectivity index (χ1n) is 6.02. The summed E-state index contributed by atoms with van der Waals surface area (Å²) in [4.78, 5) is 23.0. The van der Waals surface area contributed by atoms with E-state index in [1.54, 1.807) is 19.1 Å². The highest BCUT2D eigenvalue weighted by molar-refractivity contribution is 6.34. The molecule has 3 N–H and O–H groups in total. The van der Waals surface area contributed by atoms with Crippen LogP contribution in [-0.4, -0.2) is 22.1 Å². The van der Waals surface area contributed by atoms with Crippen LogP contribution in [0.4, 0.5) is 5.69 Å². The third-order valence-electron chi connectivity index (χ3n) is 2.93. The number of phenols is 1. The molecule has 0 atom stereocenters. The molecule has 0 spiro atoms. The van der Waals surface area contributed by atoms with E-state index < -0.39 is 11.9 Å². The Morgan fingerprint density at radius 2 is 1.76 bits per heavy atom. The van der Waals surface area contributed by atoms with Crippen LogP contribution in [0.5, 0.6) is 5.75 Å². The van der Waals surface area contributed by atoms with Crippen molar-refractivity contribution in [2.75, 3.05) is 5.32 Å². The Morgan fingerprint density at radius 1 is 1.10 bits per heavy atom. The molecule has 1 amide bonds. The lowest BCUT2D eigenvalue weighted by molar-refractivity contribution is 0.0696. The van der Waals surface area contributed by atoms with Gasteiger partial charge in [-0.1, -0.05) is 17.7 Å². The number of aromatic hydroxyl groups is 1. The van der Waals surface area contributed by atoms with Crippen LogP contribution in [-0.2, 0) is 0 Å². The maximum absolute atomic E-state index is 12.1. The van der Waals surface area contributed by atoms with E-state index >= 15 is 0 Å². The summed E-state index contributed by atoms with van der Waals surface area (Å²) < 4.78 is 0. The summed E-state index contributed by atoms with van der Waals surface area (Å²) in [6.07, 6.45) is 0. The zero-order chi connectivity index (χ0) is 15.6. The monoisotopic (exact) mass is 305 g/mol. The van der Waals surface area contributed by atoms with Gasteiger partial charge in [-0.2, -0.15) is 0 Å². The SMILES string of the molecule is Cc1ccc(C(=O)Nc2cc(C(=O)O)ccc2Cl)cc1O. The fourth-order valence-electron chi connectivity index (χ4n) is 1.70.